The topological polar surface area (TPSA) is 50.7 Å². The molecule has 0 unspecified atom stereocenters. The molecule has 2 aromatic heterocycles. The van der Waals surface area contributed by atoms with Crippen LogP contribution in [0.25, 0.3) is 16.7 Å². The molecule has 0 spiro atoms. The Balaban J connectivity index is 2.43. The van der Waals surface area contributed by atoms with E-state index in [1.54, 1.807) is 0 Å². The van der Waals surface area contributed by atoms with E-state index in [1.165, 1.54) is 6.33 Å². The third kappa shape index (κ3) is 1.45. The van der Waals surface area contributed by atoms with Gasteiger partial charge in [0.15, 0.2) is 0 Å². The van der Waals surface area contributed by atoms with Crippen molar-refractivity contribution < 1.29 is 0 Å². The standard InChI is InChI=1S/C13H11N3O/c1-9-7-16(10-5-3-2-4-6-10)12-11(9)14-8-15-13(12)17/h2-8H,1H3,(H,14,15,17). The molecule has 3 aromatic rings. The van der Waals surface area contributed by atoms with Gasteiger partial charge in [0.1, 0.15) is 5.52 Å². The van der Waals surface area contributed by atoms with Crippen molar-refractivity contribution >= 4 is 11.0 Å². The Kier molecular flexibility index (Phi) is 2.08. The lowest BCUT2D eigenvalue weighted by atomic mass is 10.3. The second-order valence-electron chi connectivity index (χ2n) is 3.95. The van der Waals surface area contributed by atoms with Crippen LogP contribution in [0.1, 0.15) is 5.56 Å². The minimum atomic E-state index is -0.119. The van der Waals surface area contributed by atoms with Crippen LogP contribution in [0.15, 0.2) is 47.7 Å². The molecule has 0 bridgehead atoms. The van der Waals surface area contributed by atoms with Gasteiger partial charge in [0, 0.05) is 11.9 Å². The van der Waals surface area contributed by atoms with Gasteiger partial charge in [-0.3, -0.25) is 4.79 Å². The fourth-order valence-electron chi connectivity index (χ4n) is 2.02. The molecule has 0 aliphatic rings. The number of hydrogen-bond donors (Lipinski definition) is 1. The Bertz CT molecular complexity index is 725. The summed E-state index contributed by atoms with van der Waals surface area (Å²) in [5.74, 6) is 0. The Morgan fingerprint density at radius 1 is 1.24 bits per heavy atom. The van der Waals surface area contributed by atoms with Gasteiger partial charge in [-0.25, -0.2) is 4.98 Å². The van der Waals surface area contributed by atoms with Crippen molar-refractivity contribution in [2.75, 3.05) is 0 Å². The lowest BCUT2D eigenvalue weighted by Gasteiger charge is -2.03. The zero-order valence-corrected chi connectivity index (χ0v) is 9.34. The Morgan fingerprint density at radius 2 is 2.00 bits per heavy atom. The maximum Gasteiger partial charge on any atom is 0.275 e. The highest BCUT2D eigenvalue weighted by molar-refractivity contribution is 5.80. The maximum absolute atomic E-state index is 11.9. The molecule has 1 aromatic carbocycles. The SMILES string of the molecule is Cc1cn(-c2ccccc2)c2c(=O)[nH]cnc12. The molecule has 17 heavy (non-hydrogen) atoms. The lowest BCUT2D eigenvalue weighted by Crippen LogP contribution is -2.09. The van der Waals surface area contributed by atoms with E-state index < -0.39 is 0 Å². The van der Waals surface area contributed by atoms with Gasteiger partial charge in [-0.1, -0.05) is 18.2 Å². The van der Waals surface area contributed by atoms with E-state index in [4.69, 9.17) is 0 Å². The summed E-state index contributed by atoms with van der Waals surface area (Å²) >= 11 is 0. The van der Waals surface area contributed by atoms with Crippen LogP contribution in [0, 0.1) is 6.92 Å². The molecular formula is C13H11N3O. The predicted molar refractivity (Wildman–Crippen MR) is 66.4 cm³/mol. The van der Waals surface area contributed by atoms with Gasteiger partial charge in [-0.2, -0.15) is 0 Å². The van der Waals surface area contributed by atoms with Crippen LogP contribution < -0.4 is 5.56 Å². The summed E-state index contributed by atoms with van der Waals surface area (Å²) in [6, 6.07) is 9.77. The molecule has 0 saturated heterocycles. The molecule has 0 amide bonds. The number of H-pyrrole nitrogens is 1. The third-order valence-electron chi connectivity index (χ3n) is 2.80. The van der Waals surface area contributed by atoms with E-state index >= 15 is 0 Å². The second-order valence-corrected chi connectivity index (χ2v) is 3.95. The monoisotopic (exact) mass is 225 g/mol. The molecule has 1 N–H and O–H groups in total. The van der Waals surface area contributed by atoms with Gasteiger partial charge < -0.3 is 9.55 Å². The second kappa shape index (κ2) is 3.59. The van der Waals surface area contributed by atoms with Crippen LogP contribution in [0.3, 0.4) is 0 Å². The Labute approximate surface area is 97.6 Å². The molecule has 0 atom stereocenters. The molecule has 0 aliphatic carbocycles. The third-order valence-corrected chi connectivity index (χ3v) is 2.80. The quantitative estimate of drug-likeness (QED) is 0.688. The number of nitrogens with zero attached hydrogens (tertiary/aromatic N) is 2. The molecular weight excluding hydrogens is 214 g/mol. The van der Waals surface area contributed by atoms with Gasteiger partial charge in [0.05, 0.1) is 11.8 Å². The van der Waals surface area contributed by atoms with Crippen LogP contribution in [0.2, 0.25) is 0 Å². The zero-order valence-electron chi connectivity index (χ0n) is 9.34. The molecule has 0 radical (unpaired) electrons. The van der Waals surface area contributed by atoms with E-state index in [9.17, 15) is 4.79 Å². The molecule has 4 heteroatoms. The first kappa shape index (κ1) is 9.84. The normalized spacial score (nSPS) is 10.9. The van der Waals surface area contributed by atoms with Crippen LogP contribution in [-0.2, 0) is 0 Å². The highest BCUT2D eigenvalue weighted by atomic mass is 16.1. The fourth-order valence-corrected chi connectivity index (χ4v) is 2.02. The smallest absolute Gasteiger partial charge is 0.275 e. The number of aromatic amines is 1. The number of aryl methyl sites for hydroxylation is 1. The molecule has 4 nitrogen and oxygen atoms in total. The summed E-state index contributed by atoms with van der Waals surface area (Å²) in [6.07, 6.45) is 3.37. The molecule has 0 aliphatic heterocycles. The summed E-state index contributed by atoms with van der Waals surface area (Å²) < 4.78 is 1.87. The Hall–Kier alpha value is -2.36. The lowest BCUT2D eigenvalue weighted by molar-refractivity contribution is 1.08. The first-order chi connectivity index (χ1) is 8.27. The van der Waals surface area contributed by atoms with Crippen molar-refractivity contribution in [3.63, 3.8) is 0 Å². The summed E-state index contributed by atoms with van der Waals surface area (Å²) in [6.45, 7) is 1.95. The van der Waals surface area contributed by atoms with Crippen molar-refractivity contribution in [1.82, 2.24) is 14.5 Å². The van der Waals surface area contributed by atoms with E-state index in [1.807, 2.05) is 48.0 Å². The van der Waals surface area contributed by atoms with Gasteiger partial charge in [-0.15, -0.1) is 0 Å². The van der Waals surface area contributed by atoms with Crippen LogP contribution >= 0.6 is 0 Å². The summed E-state index contributed by atoms with van der Waals surface area (Å²) in [7, 11) is 0. The first-order valence-electron chi connectivity index (χ1n) is 5.38. The van der Waals surface area contributed by atoms with Gasteiger partial charge in [-0.05, 0) is 24.6 Å². The maximum atomic E-state index is 11.9. The number of nitrogens with one attached hydrogen (secondary N) is 1. The van der Waals surface area contributed by atoms with E-state index in [0.717, 1.165) is 16.8 Å². The molecule has 0 fully saturated rings. The van der Waals surface area contributed by atoms with Crippen LogP contribution in [-0.4, -0.2) is 14.5 Å². The van der Waals surface area contributed by atoms with Gasteiger partial charge in [0.25, 0.3) is 5.56 Å². The van der Waals surface area contributed by atoms with E-state index in [2.05, 4.69) is 9.97 Å². The number of benzene rings is 1. The number of aromatic nitrogens is 3. The molecule has 84 valence electrons. The van der Waals surface area contributed by atoms with Crippen molar-refractivity contribution in [3.05, 3.63) is 58.8 Å². The minimum Gasteiger partial charge on any atom is -0.311 e. The fraction of sp³-hybridized carbons (Fsp3) is 0.0769. The van der Waals surface area contributed by atoms with E-state index in [0.29, 0.717) is 5.52 Å². The molecule has 2 heterocycles. The first-order valence-corrected chi connectivity index (χ1v) is 5.38. The number of para-hydroxylation sites is 1. The van der Waals surface area contributed by atoms with Crippen LogP contribution in [0.5, 0.6) is 0 Å². The number of fused-ring (bicyclic) bond motifs is 1. The van der Waals surface area contributed by atoms with Crippen molar-refractivity contribution in [2.45, 2.75) is 6.92 Å². The van der Waals surface area contributed by atoms with Gasteiger partial charge >= 0.3 is 0 Å². The average molecular weight is 225 g/mol. The van der Waals surface area contributed by atoms with Crippen LogP contribution in [0.4, 0.5) is 0 Å². The highest BCUT2D eigenvalue weighted by Gasteiger charge is 2.10. The summed E-state index contributed by atoms with van der Waals surface area (Å²) in [4.78, 5) is 18.7. The number of rotatable bonds is 1. The highest BCUT2D eigenvalue weighted by Crippen LogP contribution is 2.19. The van der Waals surface area contributed by atoms with Crippen molar-refractivity contribution in [3.8, 4) is 5.69 Å². The molecule has 3 rings (SSSR count). The van der Waals surface area contributed by atoms with Gasteiger partial charge in [0.2, 0.25) is 0 Å². The van der Waals surface area contributed by atoms with Crippen molar-refractivity contribution in [2.24, 2.45) is 0 Å². The number of hydrogen-bond acceptors (Lipinski definition) is 2. The predicted octanol–water partition coefficient (Wildman–Crippen LogP) is 2.02. The molecule has 0 saturated carbocycles. The minimum absolute atomic E-state index is 0.119. The summed E-state index contributed by atoms with van der Waals surface area (Å²) in [5.41, 5.74) is 3.18. The summed E-state index contributed by atoms with van der Waals surface area (Å²) in [5, 5.41) is 0. The average Bonchev–Trinajstić information content (AvgIpc) is 2.70. The zero-order chi connectivity index (χ0) is 11.8. The van der Waals surface area contributed by atoms with E-state index in [-0.39, 0.29) is 5.56 Å². The Morgan fingerprint density at radius 3 is 2.76 bits per heavy atom. The largest absolute Gasteiger partial charge is 0.311 e. The van der Waals surface area contributed by atoms with Crippen molar-refractivity contribution in [1.29, 1.82) is 0 Å².